The third kappa shape index (κ3) is 4.70. The number of ether oxygens (including phenoxy) is 1. The van der Waals surface area contributed by atoms with Gasteiger partial charge in [-0.25, -0.2) is 4.79 Å². The molecule has 0 aromatic carbocycles. The molecule has 0 radical (unpaired) electrons. The molecule has 1 aromatic heterocycles. The minimum Gasteiger partial charge on any atom is -0.444 e. The molecule has 156 valence electrons. The van der Waals surface area contributed by atoms with Crippen LogP contribution in [0.3, 0.4) is 0 Å². The highest BCUT2D eigenvalue weighted by Crippen LogP contribution is 2.40. The highest BCUT2D eigenvalue weighted by Gasteiger charge is 2.34. The maximum Gasteiger partial charge on any atom is 0.410 e. The van der Waals surface area contributed by atoms with Crippen molar-refractivity contribution in [3.05, 3.63) is 21.4 Å². The molecule has 2 amide bonds. The second-order valence-corrected chi connectivity index (χ2v) is 11.1. The van der Waals surface area contributed by atoms with Crippen LogP contribution in [0, 0.1) is 11.3 Å². The summed E-state index contributed by atoms with van der Waals surface area (Å²) in [5.74, 6) is 0.800. The van der Waals surface area contributed by atoms with E-state index in [1.165, 1.54) is 10.4 Å². The fourth-order valence-electron chi connectivity index (χ4n) is 4.02. The first-order valence-electron chi connectivity index (χ1n) is 10.3. The number of amides is 2. The number of fused-ring (bicyclic) bond motifs is 1. The summed E-state index contributed by atoms with van der Waals surface area (Å²) in [6, 6.07) is 0. The van der Waals surface area contributed by atoms with E-state index in [1.54, 1.807) is 16.2 Å². The number of nitrogens with zero attached hydrogens (tertiary/aromatic N) is 2. The van der Waals surface area contributed by atoms with Crippen molar-refractivity contribution in [3.8, 4) is 0 Å². The Balaban J connectivity index is 1.61. The number of rotatable bonds is 1. The van der Waals surface area contributed by atoms with Gasteiger partial charge in [0.15, 0.2) is 0 Å². The van der Waals surface area contributed by atoms with E-state index in [2.05, 4.69) is 26.2 Å². The SMILES string of the molecule is CC(C)(C)OC(=O)N1CCN(C(=O)c2csc3c2CCC(C(C)(C)C)C3)CC1. The van der Waals surface area contributed by atoms with Crippen molar-refractivity contribution in [3.63, 3.8) is 0 Å². The first-order valence-corrected chi connectivity index (χ1v) is 11.2. The molecular formula is C22H34N2O3S. The quantitative estimate of drug-likeness (QED) is 0.685. The zero-order valence-corrected chi connectivity index (χ0v) is 18.9. The lowest BCUT2D eigenvalue weighted by Crippen LogP contribution is -2.51. The lowest BCUT2D eigenvalue weighted by atomic mass is 9.72. The lowest BCUT2D eigenvalue weighted by Gasteiger charge is -2.36. The Morgan fingerprint density at radius 1 is 1.04 bits per heavy atom. The predicted molar refractivity (Wildman–Crippen MR) is 113 cm³/mol. The lowest BCUT2D eigenvalue weighted by molar-refractivity contribution is 0.0140. The molecule has 0 N–H and O–H groups in total. The van der Waals surface area contributed by atoms with Gasteiger partial charge in [0, 0.05) is 36.4 Å². The summed E-state index contributed by atoms with van der Waals surface area (Å²) >= 11 is 1.74. The summed E-state index contributed by atoms with van der Waals surface area (Å²) in [5.41, 5.74) is 1.97. The van der Waals surface area contributed by atoms with Gasteiger partial charge in [0.25, 0.3) is 5.91 Å². The van der Waals surface area contributed by atoms with Crippen LogP contribution in [0.1, 0.15) is 68.8 Å². The van der Waals surface area contributed by atoms with E-state index in [9.17, 15) is 9.59 Å². The van der Waals surface area contributed by atoms with Gasteiger partial charge in [0.2, 0.25) is 0 Å². The van der Waals surface area contributed by atoms with Crippen LogP contribution in [0.4, 0.5) is 4.79 Å². The molecule has 1 saturated heterocycles. The Morgan fingerprint density at radius 3 is 2.21 bits per heavy atom. The third-order valence-electron chi connectivity index (χ3n) is 5.83. The van der Waals surface area contributed by atoms with E-state index in [-0.39, 0.29) is 12.0 Å². The molecular weight excluding hydrogens is 372 g/mol. The first kappa shape index (κ1) is 21.2. The standard InChI is InChI=1S/C22H34N2O3S/c1-21(2,3)15-7-8-16-17(14-28-18(16)13-15)19(25)23-9-11-24(12-10-23)20(26)27-22(4,5)6/h14-15H,7-13H2,1-6H3. The van der Waals surface area contributed by atoms with E-state index in [1.807, 2.05) is 25.7 Å². The van der Waals surface area contributed by atoms with Gasteiger partial charge in [0.05, 0.1) is 5.56 Å². The number of hydrogen-bond acceptors (Lipinski definition) is 4. The van der Waals surface area contributed by atoms with Crippen LogP contribution < -0.4 is 0 Å². The highest BCUT2D eigenvalue weighted by atomic mass is 32.1. The maximum absolute atomic E-state index is 13.1. The Labute approximate surface area is 173 Å². The fourth-order valence-corrected chi connectivity index (χ4v) is 5.17. The van der Waals surface area contributed by atoms with Crippen molar-refractivity contribution in [2.45, 2.75) is 66.4 Å². The van der Waals surface area contributed by atoms with Crippen molar-refractivity contribution in [2.75, 3.05) is 26.2 Å². The van der Waals surface area contributed by atoms with Gasteiger partial charge in [-0.1, -0.05) is 20.8 Å². The average molecular weight is 407 g/mol. The molecule has 28 heavy (non-hydrogen) atoms. The van der Waals surface area contributed by atoms with Gasteiger partial charge in [-0.15, -0.1) is 11.3 Å². The Morgan fingerprint density at radius 2 is 1.64 bits per heavy atom. The summed E-state index contributed by atoms with van der Waals surface area (Å²) < 4.78 is 5.44. The fraction of sp³-hybridized carbons (Fsp3) is 0.727. The molecule has 1 unspecified atom stereocenters. The molecule has 0 spiro atoms. The van der Waals surface area contributed by atoms with Gasteiger partial charge in [0.1, 0.15) is 5.60 Å². The largest absolute Gasteiger partial charge is 0.444 e. The number of carbonyl (C=O) groups excluding carboxylic acids is 2. The number of hydrogen-bond donors (Lipinski definition) is 0. The summed E-state index contributed by atoms with van der Waals surface area (Å²) in [4.78, 5) is 30.3. The smallest absolute Gasteiger partial charge is 0.410 e. The Hall–Kier alpha value is -1.56. The molecule has 1 aliphatic heterocycles. The molecule has 5 nitrogen and oxygen atoms in total. The summed E-state index contributed by atoms with van der Waals surface area (Å²) in [6.45, 7) is 14.7. The van der Waals surface area contributed by atoms with Crippen LogP contribution in [0.15, 0.2) is 5.38 Å². The third-order valence-corrected chi connectivity index (χ3v) is 6.88. The summed E-state index contributed by atoms with van der Waals surface area (Å²) in [6.07, 6.45) is 2.95. The molecule has 0 bridgehead atoms. The molecule has 1 atom stereocenters. The first-order chi connectivity index (χ1) is 13.0. The number of thiophene rings is 1. The normalized spacial score (nSPS) is 20.7. The van der Waals surface area contributed by atoms with Gasteiger partial charge < -0.3 is 14.5 Å². The van der Waals surface area contributed by atoms with Crippen LogP contribution in [0.5, 0.6) is 0 Å². The van der Waals surface area contributed by atoms with Crippen molar-refractivity contribution in [1.29, 1.82) is 0 Å². The van der Waals surface area contributed by atoms with Crippen LogP contribution in [-0.4, -0.2) is 53.6 Å². The van der Waals surface area contributed by atoms with Crippen molar-refractivity contribution < 1.29 is 14.3 Å². The summed E-state index contributed by atoms with van der Waals surface area (Å²) in [7, 11) is 0. The Bertz CT molecular complexity index is 734. The molecule has 1 aliphatic carbocycles. The van der Waals surface area contributed by atoms with E-state index in [0.717, 1.165) is 24.8 Å². The van der Waals surface area contributed by atoms with Crippen LogP contribution >= 0.6 is 11.3 Å². The van der Waals surface area contributed by atoms with E-state index < -0.39 is 5.60 Å². The van der Waals surface area contributed by atoms with Gasteiger partial charge in [-0.2, -0.15) is 0 Å². The second kappa shape index (κ2) is 7.69. The molecule has 1 aromatic rings. The van der Waals surface area contributed by atoms with Crippen LogP contribution in [0.2, 0.25) is 0 Å². The van der Waals surface area contributed by atoms with Crippen LogP contribution in [0.25, 0.3) is 0 Å². The molecule has 1 fully saturated rings. The molecule has 3 rings (SSSR count). The van der Waals surface area contributed by atoms with E-state index in [0.29, 0.717) is 37.5 Å². The number of carbonyl (C=O) groups is 2. The second-order valence-electron chi connectivity index (χ2n) is 10.1. The van der Waals surface area contributed by atoms with Crippen molar-refractivity contribution in [1.82, 2.24) is 9.80 Å². The van der Waals surface area contributed by atoms with Crippen LogP contribution in [-0.2, 0) is 17.6 Å². The van der Waals surface area contributed by atoms with Gasteiger partial charge in [-0.05, 0) is 56.9 Å². The molecule has 2 aliphatic rings. The van der Waals surface area contributed by atoms with Gasteiger partial charge in [-0.3, -0.25) is 4.79 Å². The molecule has 6 heteroatoms. The van der Waals surface area contributed by atoms with E-state index >= 15 is 0 Å². The van der Waals surface area contributed by atoms with Gasteiger partial charge >= 0.3 is 6.09 Å². The summed E-state index contributed by atoms with van der Waals surface area (Å²) in [5, 5.41) is 2.05. The maximum atomic E-state index is 13.1. The average Bonchev–Trinajstić information content (AvgIpc) is 3.02. The Kier molecular flexibility index (Phi) is 5.81. The zero-order chi connectivity index (χ0) is 20.7. The molecule has 0 saturated carbocycles. The topological polar surface area (TPSA) is 49.9 Å². The minimum absolute atomic E-state index is 0.121. The minimum atomic E-state index is -0.495. The number of piperazine rings is 1. The molecule has 2 heterocycles. The predicted octanol–water partition coefficient (Wildman–Crippen LogP) is 4.59. The van der Waals surface area contributed by atoms with Crippen molar-refractivity contribution >= 4 is 23.3 Å². The van der Waals surface area contributed by atoms with Crippen molar-refractivity contribution in [2.24, 2.45) is 11.3 Å². The highest BCUT2D eigenvalue weighted by molar-refractivity contribution is 7.10. The zero-order valence-electron chi connectivity index (χ0n) is 18.1. The van der Waals surface area contributed by atoms with E-state index in [4.69, 9.17) is 4.74 Å². The monoisotopic (exact) mass is 406 g/mol.